The van der Waals surface area contributed by atoms with Crippen LogP contribution in [0.2, 0.25) is 0 Å². The Morgan fingerprint density at radius 1 is 0.909 bits per heavy atom. The molecule has 0 aliphatic carbocycles. The Balaban J connectivity index is 2.03. The topological polar surface area (TPSA) is 76.1 Å². The summed E-state index contributed by atoms with van der Waals surface area (Å²) in [5.74, 6) is -4.01. The van der Waals surface area contributed by atoms with Gasteiger partial charge in [-0.25, -0.2) is 8.78 Å². The quantitative estimate of drug-likeness (QED) is 0.348. The van der Waals surface area contributed by atoms with Gasteiger partial charge in [0.05, 0.1) is 31.5 Å². The summed E-state index contributed by atoms with van der Waals surface area (Å²) < 4.78 is 39.3. The number of hydrogen-bond acceptors (Lipinski definition) is 5. The molecule has 0 aromatic heterocycles. The molecule has 1 heterocycles. The highest BCUT2D eigenvalue weighted by Gasteiger charge is 2.48. The molecule has 0 bridgehead atoms. The summed E-state index contributed by atoms with van der Waals surface area (Å²) >= 11 is 0. The lowest BCUT2D eigenvalue weighted by atomic mass is 9.94. The lowest BCUT2D eigenvalue weighted by Gasteiger charge is -2.26. The van der Waals surface area contributed by atoms with Crippen LogP contribution in [0.25, 0.3) is 5.76 Å². The number of aliphatic hydroxyl groups excluding tert-OH is 1. The van der Waals surface area contributed by atoms with Gasteiger partial charge in [0.25, 0.3) is 11.7 Å². The minimum absolute atomic E-state index is 0.0566. The van der Waals surface area contributed by atoms with Crippen LogP contribution in [0.1, 0.15) is 17.2 Å². The standard InChI is InChI=1S/C25H19F2NO5/c1-32-18-9-6-10-19(33-2)20(18)23(29)21-22(14-7-4-3-5-8-14)28(25(31)24(21)30)17-13-15(26)11-12-16(17)27/h3-13,22,29H,1-2H3/b23-21+. The average Bonchev–Trinajstić information content (AvgIpc) is 3.10. The Labute approximate surface area is 188 Å². The van der Waals surface area contributed by atoms with E-state index in [4.69, 9.17) is 9.47 Å². The molecule has 8 heteroatoms. The monoisotopic (exact) mass is 451 g/mol. The van der Waals surface area contributed by atoms with Crippen LogP contribution in [0, 0.1) is 11.6 Å². The van der Waals surface area contributed by atoms with Gasteiger partial charge in [-0.3, -0.25) is 14.5 Å². The highest BCUT2D eigenvalue weighted by Crippen LogP contribution is 2.45. The van der Waals surface area contributed by atoms with E-state index in [1.807, 2.05) is 0 Å². The molecule has 1 aliphatic rings. The molecule has 33 heavy (non-hydrogen) atoms. The molecule has 0 radical (unpaired) electrons. The number of nitrogens with zero attached hydrogens (tertiary/aromatic N) is 1. The van der Waals surface area contributed by atoms with E-state index >= 15 is 0 Å². The predicted octanol–water partition coefficient (Wildman–Crippen LogP) is 4.61. The molecule has 0 spiro atoms. The first-order valence-electron chi connectivity index (χ1n) is 9.91. The highest BCUT2D eigenvalue weighted by atomic mass is 19.1. The van der Waals surface area contributed by atoms with Crippen molar-refractivity contribution in [1.82, 2.24) is 0 Å². The maximum Gasteiger partial charge on any atom is 0.300 e. The maximum absolute atomic E-state index is 14.7. The van der Waals surface area contributed by atoms with Gasteiger partial charge in [-0.1, -0.05) is 36.4 Å². The molecule has 3 aromatic rings. The van der Waals surface area contributed by atoms with E-state index in [0.29, 0.717) is 5.56 Å². The van der Waals surface area contributed by atoms with Crippen molar-refractivity contribution in [1.29, 1.82) is 0 Å². The molecular formula is C25H19F2NO5. The zero-order valence-corrected chi connectivity index (χ0v) is 17.7. The van der Waals surface area contributed by atoms with Crippen molar-refractivity contribution in [2.75, 3.05) is 19.1 Å². The molecule has 1 N–H and O–H groups in total. The fourth-order valence-corrected chi connectivity index (χ4v) is 3.92. The normalized spacial score (nSPS) is 17.3. The smallest absolute Gasteiger partial charge is 0.300 e. The van der Waals surface area contributed by atoms with Gasteiger partial charge in [0.2, 0.25) is 0 Å². The predicted molar refractivity (Wildman–Crippen MR) is 117 cm³/mol. The number of amides is 1. The number of carbonyl (C=O) groups is 2. The Hall–Kier alpha value is -4.20. The van der Waals surface area contributed by atoms with Gasteiger partial charge in [0.1, 0.15) is 34.5 Å². The van der Waals surface area contributed by atoms with Crippen molar-refractivity contribution in [2.24, 2.45) is 0 Å². The van der Waals surface area contributed by atoms with Crippen molar-refractivity contribution < 1.29 is 33.0 Å². The van der Waals surface area contributed by atoms with Crippen molar-refractivity contribution >= 4 is 23.1 Å². The first-order chi connectivity index (χ1) is 15.9. The number of halogens is 2. The van der Waals surface area contributed by atoms with E-state index < -0.39 is 40.8 Å². The molecule has 1 atom stereocenters. The molecule has 6 nitrogen and oxygen atoms in total. The van der Waals surface area contributed by atoms with E-state index in [2.05, 4.69) is 0 Å². The molecule has 1 fully saturated rings. The van der Waals surface area contributed by atoms with Gasteiger partial charge in [-0.2, -0.15) is 0 Å². The molecule has 1 aliphatic heterocycles. The second-order valence-corrected chi connectivity index (χ2v) is 7.21. The summed E-state index contributed by atoms with van der Waals surface area (Å²) in [6, 6.07) is 14.4. The van der Waals surface area contributed by atoms with E-state index in [9.17, 15) is 23.5 Å². The first kappa shape index (κ1) is 22.0. The number of anilines is 1. The van der Waals surface area contributed by atoms with Crippen LogP contribution >= 0.6 is 0 Å². The average molecular weight is 451 g/mol. The van der Waals surface area contributed by atoms with Gasteiger partial charge in [0.15, 0.2) is 0 Å². The summed E-state index contributed by atoms with van der Waals surface area (Å²) in [5, 5.41) is 11.3. The number of aliphatic hydroxyl groups is 1. The largest absolute Gasteiger partial charge is 0.506 e. The van der Waals surface area contributed by atoms with Crippen molar-refractivity contribution in [3.05, 3.63) is 95.1 Å². The van der Waals surface area contributed by atoms with Crippen LogP contribution in [0.3, 0.4) is 0 Å². The van der Waals surface area contributed by atoms with Gasteiger partial charge in [-0.05, 0) is 29.8 Å². The number of benzene rings is 3. The molecule has 1 unspecified atom stereocenters. The number of rotatable bonds is 5. The SMILES string of the molecule is COc1cccc(OC)c1/C(O)=C1\C(=O)C(=O)N(c2cc(F)ccc2F)C1c1ccccc1. The van der Waals surface area contributed by atoms with Gasteiger partial charge in [-0.15, -0.1) is 0 Å². The fraction of sp³-hybridized carbons (Fsp3) is 0.120. The summed E-state index contributed by atoms with van der Waals surface area (Å²) in [6.07, 6.45) is 0. The molecule has 0 saturated carbocycles. The summed E-state index contributed by atoms with van der Waals surface area (Å²) in [4.78, 5) is 27.1. The lowest BCUT2D eigenvalue weighted by molar-refractivity contribution is -0.132. The number of ether oxygens (including phenoxy) is 2. The molecule has 4 rings (SSSR count). The molecular weight excluding hydrogens is 432 g/mol. The van der Waals surface area contributed by atoms with Crippen LogP contribution in [-0.4, -0.2) is 31.0 Å². The maximum atomic E-state index is 14.7. The fourth-order valence-electron chi connectivity index (χ4n) is 3.92. The third kappa shape index (κ3) is 3.69. The summed E-state index contributed by atoms with van der Waals surface area (Å²) in [7, 11) is 2.75. The number of Topliss-reactive ketones (excluding diaryl/α,β-unsaturated/α-hetero) is 1. The van der Waals surface area contributed by atoms with Crippen LogP contribution in [0.4, 0.5) is 14.5 Å². The van der Waals surface area contributed by atoms with Crippen LogP contribution in [0.5, 0.6) is 11.5 Å². The summed E-state index contributed by atoms with van der Waals surface area (Å²) in [6.45, 7) is 0. The van der Waals surface area contributed by atoms with E-state index in [-0.39, 0.29) is 22.6 Å². The van der Waals surface area contributed by atoms with Crippen LogP contribution in [-0.2, 0) is 9.59 Å². The van der Waals surface area contributed by atoms with Crippen molar-refractivity contribution in [2.45, 2.75) is 6.04 Å². The van der Waals surface area contributed by atoms with E-state index in [0.717, 1.165) is 23.1 Å². The molecule has 1 saturated heterocycles. The third-order valence-electron chi connectivity index (χ3n) is 5.39. The van der Waals surface area contributed by atoms with E-state index in [1.54, 1.807) is 48.5 Å². The molecule has 1 amide bonds. The van der Waals surface area contributed by atoms with Crippen LogP contribution in [0.15, 0.2) is 72.3 Å². The lowest BCUT2D eigenvalue weighted by Crippen LogP contribution is -2.30. The second kappa shape index (κ2) is 8.74. The Morgan fingerprint density at radius 3 is 2.15 bits per heavy atom. The zero-order valence-electron chi connectivity index (χ0n) is 17.7. The Morgan fingerprint density at radius 2 is 1.55 bits per heavy atom. The molecule has 3 aromatic carbocycles. The van der Waals surface area contributed by atoms with Gasteiger partial charge < -0.3 is 14.6 Å². The van der Waals surface area contributed by atoms with Gasteiger partial charge in [0, 0.05) is 6.07 Å². The first-order valence-corrected chi connectivity index (χ1v) is 9.91. The Bertz CT molecular complexity index is 1250. The second-order valence-electron chi connectivity index (χ2n) is 7.21. The Kier molecular flexibility index (Phi) is 5.83. The van der Waals surface area contributed by atoms with Crippen molar-refractivity contribution in [3.8, 4) is 11.5 Å². The number of ketones is 1. The summed E-state index contributed by atoms with van der Waals surface area (Å²) in [5.41, 5.74) is -0.258. The zero-order chi connectivity index (χ0) is 23.7. The minimum atomic E-state index is -1.22. The van der Waals surface area contributed by atoms with Crippen LogP contribution < -0.4 is 14.4 Å². The van der Waals surface area contributed by atoms with Gasteiger partial charge >= 0.3 is 0 Å². The number of carbonyl (C=O) groups excluding carboxylic acids is 2. The number of hydrogen-bond donors (Lipinski definition) is 1. The highest BCUT2D eigenvalue weighted by molar-refractivity contribution is 6.51. The number of methoxy groups -OCH3 is 2. The minimum Gasteiger partial charge on any atom is -0.506 e. The third-order valence-corrected chi connectivity index (χ3v) is 5.39. The van der Waals surface area contributed by atoms with E-state index in [1.165, 1.54) is 14.2 Å². The molecule has 168 valence electrons. The van der Waals surface area contributed by atoms with Crippen molar-refractivity contribution in [3.63, 3.8) is 0 Å².